The summed E-state index contributed by atoms with van der Waals surface area (Å²) in [7, 11) is 1.35. The molecule has 0 unspecified atom stereocenters. The van der Waals surface area contributed by atoms with E-state index in [1.165, 1.54) is 7.11 Å². The van der Waals surface area contributed by atoms with E-state index in [0.717, 1.165) is 11.2 Å². The molecule has 1 aromatic heterocycles. The van der Waals surface area contributed by atoms with Gasteiger partial charge in [-0.1, -0.05) is 0 Å². The summed E-state index contributed by atoms with van der Waals surface area (Å²) in [6.45, 7) is 0. The van der Waals surface area contributed by atoms with Gasteiger partial charge < -0.3 is 4.74 Å². The Hall–Kier alpha value is -3.13. The molecule has 3 aromatic rings. The molecule has 3 rings (SSSR count). The minimum absolute atomic E-state index is 0.384. The summed E-state index contributed by atoms with van der Waals surface area (Å²) in [5.74, 6) is -0.384. The Bertz CT molecular complexity index is 857. The number of hydrogen-bond acceptors (Lipinski definition) is 4. The molecule has 5 heteroatoms. The van der Waals surface area contributed by atoms with Gasteiger partial charge in [0.15, 0.2) is 0 Å². The number of carbonyl (C=O) groups is 1. The molecule has 0 spiro atoms. The molecule has 0 saturated heterocycles. The summed E-state index contributed by atoms with van der Waals surface area (Å²) >= 11 is 0. The number of imidazole rings is 1. The monoisotopic (exact) mass is 277 g/mol. The zero-order valence-electron chi connectivity index (χ0n) is 11.3. The molecule has 0 bridgehead atoms. The van der Waals surface area contributed by atoms with Crippen LogP contribution in [0.4, 0.5) is 0 Å². The molecule has 0 aliphatic heterocycles. The second kappa shape index (κ2) is 5.10. The maximum absolute atomic E-state index is 11.5. The lowest BCUT2D eigenvalue weighted by atomic mass is 10.2. The van der Waals surface area contributed by atoms with Gasteiger partial charge in [-0.15, -0.1) is 0 Å². The SMILES string of the molecule is COC(=O)c1ccc2c(c1)ncn2-c1ccc(C#N)cc1. The Labute approximate surface area is 121 Å². The molecule has 102 valence electrons. The van der Waals surface area contributed by atoms with E-state index >= 15 is 0 Å². The predicted octanol–water partition coefficient (Wildman–Crippen LogP) is 2.68. The summed E-state index contributed by atoms with van der Waals surface area (Å²) in [5.41, 5.74) is 3.57. The van der Waals surface area contributed by atoms with Crippen molar-refractivity contribution in [1.29, 1.82) is 5.26 Å². The second-order valence-electron chi connectivity index (χ2n) is 4.47. The van der Waals surface area contributed by atoms with Gasteiger partial charge in [0.2, 0.25) is 0 Å². The number of aromatic nitrogens is 2. The van der Waals surface area contributed by atoms with Crippen LogP contribution >= 0.6 is 0 Å². The average molecular weight is 277 g/mol. The standard InChI is InChI=1S/C16H11N3O2/c1-21-16(20)12-4-7-15-14(8-12)18-10-19(15)13-5-2-11(9-17)3-6-13/h2-8,10H,1H3. The molecule has 0 atom stereocenters. The van der Waals surface area contributed by atoms with Crippen LogP contribution in [0.25, 0.3) is 16.7 Å². The Morgan fingerprint density at radius 2 is 2.00 bits per heavy atom. The van der Waals surface area contributed by atoms with Crippen LogP contribution in [-0.4, -0.2) is 22.6 Å². The number of methoxy groups -OCH3 is 1. The van der Waals surface area contributed by atoms with Gasteiger partial charge in [0.25, 0.3) is 0 Å². The number of rotatable bonds is 2. The maximum atomic E-state index is 11.5. The van der Waals surface area contributed by atoms with Crippen LogP contribution in [0.3, 0.4) is 0 Å². The van der Waals surface area contributed by atoms with Crippen LogP contribution in [0, 0.1) is 11.3 Å². The van der Waals surface area contributed by atoms with E-state index in [-0.39, 0.29) is 5.97 Å². The maximum Gasteiger partial charge on any atom is 0.337 e. The molecule has 0 fully saturated rings. The summed E-state index contributed by atoms with van der Waals surface area (Å²) in [4.78, 5) is 15.8. The summed E-state index contributed by atoms with van der Waals surface area (Å²) < 4.78 is 6.60. The van der Waals surface area contributed by atoms with Crippen molar-refractivity contribution in [1.82, 2.24) is 9.55 Å². The second-order valence-corrected chi connectivity index (χ2v) is 4.47. The van der Waals surface area contributed by atoms with Gasteiger partial charge >= 0.3 is 5.97 Å². The number of benzene rings is 2. The molecule has 0 saturated carbocycles. The van der Waals surface area contributed by atoms with Gasteiger partial charge in [-0.05, 0) is 42.5 Å². The molecule has 0 N–H and O–H groups in total. The first-order valence-electron chi connectivity index (χ1n) is 6.29. The van der Waals surface area contributed by atoms with Gasteiger partial charge in [-0.25, -0.2) is 9.78 Å². The highest BCUT2D eigenvalue weighted by molar-refractivity contribution is 5.93. The third kappa shape index (κ3) is 2.23. The lowest BCUT2D eigenvalue weighted by Gasteiger charge is -2.04. The van der Waals surface area contributed by atoms with Crippen molar-refractivity contribution < 1.29 is 9.53 Å². The number of carbonyl (C=O) groups excluding carboxylic acids is 1. The van der Waals surface area contributed by atoms with Crippen molar-refractivity contribution in [2.45, 2.75) is 0 Å². The molecule has 0 amide bonds. The highest BCUT2D eigenvalue weighted by Gasteiger charge is 2.10. The third-order valence-corrected chi connectivity index (χ3v) is 3.24. The molecule has 0 aliphatic rings. The van der Waals surface area contributed by atoms with E-state index in [0.29, 0.717) is 16.6 Å². The number of esters is 1. The first kappa shape index (κ1) is 12.9. The fourth-order valence-corrected chi connectivity index (χ4v) is 2.16. The Kier molecular flexibility index (Phi) is 3.13. The van der Waals surface area contributed by atoms with Crippen molar-refractivity contribution >= 4 is 17.0 Å². The lowest BCUT2D eigenvalue weighted by Crippen LogP contribution is -2.00. The van der Waals surface area contributed by atoms with E-state index in [2.05, 4.69) is 11.1 Å². The van der Waals surface area contributed by atoms with E-state index in [4.69, 9.17) is 10.00 Å². The molecule has 21 heavy (non-hydrogen) atoms. The lowest BCUT2D eigenvalue weighted by molar-refractivity contribution is 0.0601. The topological polar surface area (TPSA) is 67.9 Å². The molecule has 0 radical (unpaired) electrons. The number of nitriles is 1. The molecule has 1 heterocycles. The highest BCUT2D eigenvalue weighted by atomic mass is 16.5. The first-order chi connectivity index (χ1) is 10.2. The molecule has 2 aromatic carbocycles. The van der Waals surface area contributed by atoms with E-state index in [1.54, 1.807) is 30.6 Å². The fourth-order valence-electron chi connectivity index (χ4n) is 2.16. The Morgan fingerprint density at radius 3 is 2.67 bits per heavy atom. The van der Waals surface area contributed by atoms with Crippen molar-refractivity contribution in [3.63, 3.8) is 0 Å². The number of ether oxygens (including phenoxy) is 1. The quantitative estimate of drug-likeness (QED) is 0.675. The van der Waals surface area contributed by atoms with E-state index in [1.807, 2.05) is 22.8 Å². The van der Waals surface area contributed by atoms with E-state index in [9.17, 15) is 4.79 Å². The number of hydrogen-bond donors (Lipinski definition) is 0. The van der Waals surface area contributed by atoms with Crippen LogP contribution in [-0.2, 0) is 4.74 Å². The Morgan fingerprint density at radius 1 is 1.24 bits per heavy atom. The zero-order valence-corrected chi connectivity index (χ0v) is 11.3. The molecular formula is C16H11N3O2. The average Bonchev–Trinajstić information content (AvgIpc) is 2.97. The number of nitrogens with zero attached hydrogens (tertiary/aromatic N) is 3. The zero-order chi connectivity index (χ0) is 14.8. The van der Waals surface area contributed by atoms with E-state index < -0.39 is 0 Å². The molecule has 0 aliphatic carbocycles. The normalized spacial score (nSPS) is 10.3. The smallest absolute Gasteiger partial charge is 0.337 e. The Balaban J connectivity index is 2.08. The third-order valence-electron chi connectivity index (χ3n) is 3.24. The number of fused-ring (bicyclic) bond motifs is 1. The van der Waals surface area contributed by atoms with Crippen LogP contribution < -0.4 is 0 Å². The van der Waals surface area contributed by atoms with Crippen LogP contribution in [0.5, 0.6) is 0 Å². The fraction of sp³-hybridized carbons (Fsp3) is 0.0625. The van der Waals surface area contributed by atoms with Gasteiger partial charge in [-0.2, -0.15) is 5.26 Å². The van der Waals surface area contributed by atoms with Crippen molar-refractivity contribution in [3.8, 4) is 11.8 Å². The molecular weight excluding hydrogens is 266 g/mol. The summed E-state index contributed by atoms with van der Waals surface area (Å²) in [5, 5.41) is 8.82. The largest absolute Gasteiger partial charge is 0.465 e. The van der Waals surface area contributed by atoms with Gasteiger partial charge in [0, 0.05) is 5.69 Å². The van der Waals surface area contributed by atoms with Crippen molar-refractivity contribution in [2.75, 3.05) is 7.11 Å². The summed E-state index contributed by atoms with van der Waals surface area (Å²) in [6, 6.07) is 14.5. The van der Waals surface area contributed by atoms with Gasteiger partial charge in [-0.3, -0.25) is 4.57 Å². The minimum Gasteiger partial charge on any atom is -0.465 e. The highest BCUT2D eigenvalue weighted by Crippen LogP contribution is 2.20. The van der Waals surface area contributed by atoms with Gasteiger partial charge in [0.1, 0.15) is 6.33 Å². The summed E-state index contributed by atoms with van der Waals surface area (Å²) in [6.07, 6.45) is 1.69. The minimum atomic E-state index is -0.384. The van der Waals surface area contributed by atoms with Gasteiger partial charge in [0.05, 0.1) is 35.3 Å². The van der Waals surface area contributed by atoms with Crippen LogP contribution in [0.15, 0.2) is 48.8 Å². The van der Waals surface area contributed by atoms with Crippen LogP contribution in [0.2, 0.25) is 0 Å². The van der Waals surface area contributed by atoms with Crippen molar-refractivity contribution in [3.05, 3.63) is 59.9 Å². The predicted molar refractivity (Wildman–Crippen MR) is 77.1 cm³/mol. The molecule has 5 nitrogen and oxygen atoms in total. The van der Waals surface area contributed by atoms with Crippen molar-refractivity contribution in [2.24, 2.45) is 0 Å². The van der Waals surface area contributed by atoms with Crippen LogP contribution in [0.1, 0.15) is 15.9 Å². The first-order valence-corrected chi connectivity index (χ1v) is 6.29.